The largest absolute Gasteiger partial charge is 0.507 e. The number of halogens is 1. The Labute approximate surface area is 225 Å². The minimum Gasteiger partial charge on any atom is -0.507 e. The number of anilines is 2. The average Bonchev–Trinajstić information content (AvgIpc) is 3.48. The van der Waals surface area contributed by atoms with E-state index in [-0.39, 0.29) is 17.3 Å². The molecule has 0 bridgehead atoms. The van der Waals surface area contributed by atoms with E-state index in [0.29, 0.717) is 27.4 Å². The second-order valence-corrected chi connectivity index (χ2v) is 9.27. The fraction of sp³-hybridized carbons (Fsp3) is 0.207. The number of Topliss-reactive ketones (excluding diaryl/α,β-unsaturated/α-hetero) is 1. The van der Waals surface area contributed by atoms with Crippen molar-refractivity contribution in [3.63, 3.8) is 0 Å². The molecule has 194 valence electrons. The lowest BCUT2D eigenvalue weighted by Gasteiger charge is -2.25. The van der Waals surface area contributed by atoms with Gasteiger partial charge in [0.2, 0.25) is 5.95 Å². The summed E-state index contributed by atoms with van der Waals surface area (Å²) in [6, 6.07) is 18.8. The molecular weight excluding hydrogens is 504 g/mol. The molecule has 1 saturated heterocycles. The number of ether oxygens (including phenoxy) is 1. The standard InChI is InChI=1S/C29H27ClN4O4/c1-4-33(5-2)19-13-10-17(11-14-19)25-24(26(35)18-12-15-20(30)23(16-18)38-3)27(36)28(37)34(25)29-31-21-8-6-7-9-22(21)32-29/h6-16,25,35H,4-5H2,1-3H3,(H,31,32)/b26-24+. The lowest BCUT2D eigenvalue weighted by atomic mass is 9.95. The lowest BCUT2D eigenvalue weighted by molar-refractivity contribution is -0.132. The Balaban J connectivity index is 1.70. The number of carbonyl (C=O) groups is 2. The summed E-state index contributed by atoms with van der Waals surface area (Å²) >= 11 is 6.17. The SMILES string of the molecule is CCN(CC)c1ccc(C2/C(=C(\O)c3ccc(Cl)c(OC)c3)C(=O)C(=O)N2c2nc3ccccc3[nH]2)cc1. The van der Waals surface area contributed by atoms with Crippen LogP contribution < -0.4 is 14.5 Å². The number of H-pyrrole nitrogens is 1. The highest BCUT2D eigenvalue weighted by atomic mass is 35.5. The van der Waals surface area contributed by atoms with Crippen LogP contribution in [0.4, 0.5) is 11.6 Å². The number of benzene rings is 3. The van der Waals surface area contributed by atoms with E-state index in [9.17, 15) is 14.7 Å². The van der Waals surface area contributed by atoms with Crippen molar-refractivity contribution in [2.24, 2.45) is 0 Å². The summed E-state index contributed by atoms with van der Waals surface area (Å²) in [6.07, 6.45) is 0. The van der Waals surface area contributed by atoms with Crippen molar-refractivity contribution in [3.05, 3.63) is 88.5 Å². The number of hydrogen-bond acceptors (Lipinski definition) is 6. The van der Waals surface area contributed by atoms with Crippen LogP contribution in [-0.4, -0.2) is 47.0 Å². The number of methoxy groups -OCH3 is 1. The average molecular weight is 531 g/mol. The first-order chi connectivity index (χ1) is 18.4. The van der Waals surface area contributed by atoms with Gasteiger partial charge in [-0.05, 0) is 61.9 Å². The Morgan fingerprint density at radius 3 is 2.45 bits per heavy atom. The zero-order valence-electron chi connectivity index (χ0n) is 21.2. The quantitative estimate of drug-likeness (QED) is 0.181. The number of para-hydroxylation sites is 2. The fourth-order valence-corrected chi connectivity index (χ4v) is 5.03. The molecule has 1 atom stereocenters. The first kappa shape index (κ1) is 25.4. The van der Waals surface area contributed by atoms with Crippen molar-refractivity contribution in [3.8, 4) is 5.75 Å². The molecule has 9 heteroatoms. The van der Waals surface area contributed by atoms with E-state index in [2.05, 4.69) is 28.7 Å². The first-order valence-electron chi connectivity index (χ1n) is 12.3. The van der Waals surface area contributed by atoms with Crippen molar-refractivity contribution in [1.82, 2.24) is 9.97 Å². The molecule has 0 saturated carbocycles. The van der Waals surface area contributed by atoms with E-state index in [1.807, 2.05) is 48.5 Å². The van der Waals surface area contributed by atoms with E-state index < -0.39 is 17.7 Å². The van der Waals surface area contributed by atoms with Crippen molar-refractivity contribution in [2.45, 2.75) is 19.9 Å². The smallest absolute Gasteiger partial charge is 0.302 e. The predicted molar refractivity (Wildman–Crippen MR) is 149 cm³/mol. The third kappa shape index (κ3) is 4.26. The highest BCUT2D eigenvalue weighted by Gasteiger charge is 2.48. The minimum atomic E-state index is -0.914. The molecule has 0 aliphatic carbocycles. The van der Waals surface area contributed by atoms with Crippen LogP contribution in [0, 0.1) is 0 Å². The molecule has 4 aromatic rings. The van der Waals surface area contributed by atoms with Gasteiger partial charge in [0.15, 0.2) is 0 Å². The molecule has 2 N–H and O–H groups in total. The molecule has 8 nitrogen and oxygen atoms in total. The summed E-state index contributed by atoms with van der Waals surface area (Å²) in [4.78, 5) is 38.2. The molecule has 3 aromatic carbocycles. The van der Waals surface area contributed by atoms with Gasteiger partial charge in [-0.25, -0.2) is 4.98 Å². The van der Waals surface area contributed by atoms with Crippen LogP contribution in [-0.2, 0) is 9.59 Å². The molecule has 38 heavy (non-hydrogen) atoms. The topological polar surface area (TPSA) is 98.8 Å². The van der Waals surface area contributed by atoms with Crippen LogP contribution >= 0.6 is 11.6 Å². The lowest BCUT2D eigenvalue weighted by Crippen LogP contribution is -2.30. The molecule has 1 aromatic heterocycles. The van der Waals surface area contributed by atoms with E-state index >= 15 is 0 Å². The maximum Gasteiger partial charge on any atom is 0.302 e. The van der Waals surface area contributed by atoms with Gasteiger partial charge in [-0.15, -0.1) is 0 Å². The van der Waals surface area contributed by atoms with Crippen LogP contribution in [0.25, 0.3) is 16.8 Å². The number of rotatable bonds is 7. The van der Waals surface area contributed by atoms with Crippen LogP contribution in [0.1, 0.15) is 31.0 Å². The van der Waals surface area contributed by atoms with Crippen molar-refractivity contribution < 1.29 is 19.4 Å². The third-order valence-electron chi connectivity index (χ3n) is 6.81. The zero-order valence-corrected chi connectivity index (χ0v) is 22.0. The van der Waals surface area contributed by atoms with Gasteiger partial charge in [-0.3, -0.25) is 14.5 Å². The second-order valence-electron chi connectivity index (χ2n) is 8.86. The molecule has 1 aliphatic heterocycles. The number of aliphatic hydroxyl groups excluding tert-OH is 1. The number of aromatic nitrogens is 2. The number of imidazole rings is 1. The van der Waals surface area contributed by atoms with Gasteiger partial charge in [0, 0.05) is 24.3 Å². The zero-order chi connectivity index (χ0) is 27.0. The Morgan fingerprint density at radius 2 is 1.79 bits per heavy atom. The Hall–Kier alpha value is -4.30. The number of hydrogen-bond donors (Lipinski definition) is 2. The van der Waals surface area contributed by atoms with Gasteiger partial charge in [-0.1, -0.05) is 35.9 Å². The molecule has 0 radical (unpaired) electrons. The first-order valence-corrected chi connectivity index (χ1v) is 12.7. The van der Waals surface area contributed by atoms with Crippen LogP contribution in [0.3, 0.4) is 0 Å². The predicted octanol–water partition coefficient (Wildman–Crippen LogP) is 5.70. The maximum absolute atomic E-state index is 13.5. The molecule has 1 unspecified atom stereocenters. The Kier molecular flexibility index (Phi) is 6.82. The van der Waals surface area contributed by atoms with Gasteiger partial charge in [0.05, 0.1) is 34.8 Å². The van der Waals surface area contributed by atoms with Crippen LogP contribution in [0.5, 0.6) is 5.75 Å². The maximum atomic E-state index is 13.5. The van der Waals surface area contributed by atoms with E-state index in [1.54, 1.807) is 12.1 Å². The number of amides is 1. The molecule has 5 rings (SSSR count). The molecule has 1 fully saturated rings. The molecule has 1 amide bonds. The van der Waals surface area contributed by atoms with Gasteiger partial charge in [0.25, 0.3) is 5.78 Å². The Bertz CT molecular complexity index is 1520. The molecule has 0 spiro atoms. The fourth-order valence-electron chi connectivity index (χ4n) is 4.84. The normalized spacial score (nSPS) is 16.8. The molecule has 1 aliphatic rings. The summed E-state index contributed by atoms with van der Waals surface area (Å²) < 4.78 is 5.29. The van der Waals surface area contributed by atoms with Gasteiger partial charge < -0.3 is 19.7 Å². The second kappa shape index (κ2) is 10.2. The highest BCUT2D eigenvalue weighted by molar-refractivity contribution is 6.51. The summed E-state index contributed by atoms with van der Waals surface area (Å²) in [5, 5.41) is 11.8. The monoisotopic (exact) mass is 530 g/mol. The van der Waals surface area contributed by atoms with Gasteiger partial charge >= 0.3 is 5.91 Å². The van der Waals surface area contributed by atoms with Crippen molar-refractivity contribution in [1.29, 1.82) is 0 Å². The van der Waals surface area contributed by atoms with Gasteiger partial charge in [0.1, 0.15) is 11.5 Å². The van der Waals surface area contributed by atoms with E-state index in [1.165, 1.54) is 18.1 Å². The van der Waals surface area contributed by atoms with Crippen molar-refractivity contribution >= 4 is 51.7 Å². The summed E-state index contributed by atoms with van der Waals surface area (Å²) in [5.41, 5.74) is 3.31. The summed E-state index contributed by atoms with van der Waals surface area (Å²) in [6.45, 7) is 5.83. The van der Waals surface area contributed by atoms with Gasteiger partial charge in [-0.2, -0.15) is 0 Å². The Morgan fingerprint density at radius 1 is 1.08 bits per heavy atom. The van der Waals surface area contributed by atoms with Crippen LogP contribution in [0.2, 0.25) is 5.02 Å². The minimum absolute atomic E-state index is 0.0459. The number of nitrogens with zero attached hydrogens (tertiary/aromatic N) is 3. The van der Waals surface area contributed by atoms with Crippen molar-refractivity contribution in [2.75, 3.05) is 30.0 Å². The van der Waals surface area contributed by atoms with E-state index in [0.717, 1.165) is 24.3 Å². The summed E-state index contributed by atoms with van der Waals surface area (Å²) in [7, 11) is 1.46. The highest BCUT2D eigenvalue weighted by Crippen LogP contribution is 2.42. The number of carbonyl (C=O) groups excluding carboxylic acids is 2. The number of nitrogens with one attached hydrogen (secondary N) is 1. The number of ketones is 1. The number of aromatic amines is 1. The summed E-state index contributed by atoms with van der Waals surface area (Å²) in [5.74, 6) is -1.37. The van der Waals surface area contributed by atoms with Crippen LogP contribution in [0.15, 0.2) is 72.3 Å². The number of fused-ring (bicyclic) bond motifs is 1. The molecular formula is C29H27ClN4O4. The number of aliphatic hydroxyl groups is 1. The molecule has 2 heterocycles. The third-order valence-corrected chi connectivity index (χ3v) is 7.12. The van der Waals surface area contributed by atoms with E-state index in [4.69, 9.17) is 16.3 Å².